The van der Waals surface area contributed by atoms with E-state index in [9.17, 15) is 9.59 Å². The molecule has 0 aliphatic rings. The number of hydrogen-bond acceptors (Lipinski definition) is 7. The Hall–Kier alpha value is -3.85. The van der Waals surface area contributed by atoms with Crippen LogP contribution in [0.25, 0.3) is 5.69 Å². The number of anilines is 1. The van der Waals surface area contributed by atoms with Gasteiger partial charge in [0.1, 0.15) is 6.61 Å². The lowest BCUT2D eigenvalue weighted by Crippen LogP contribution is -2.11. The smallest absolute Gasteiger partial charge is 0.338 e. The average molecular weight is 462 g/mol. The molecule has 2 heterocycles. The highest BCUT2D eigenvalue weighted by Gasteiger charge is 2.15. The molecule has 2 aromatic carbocycles. The van der Waals surface area contributed by atoms with E-state index in [0.717, 1.165) is 34.8 Å². The molecule has 1 N–H and O–H groups in total. The Morgan fingerprint density at radius 1 is 1.03 bits per heavy atom. The number of rotatable bonds is 7. The van der Waals surface area contributed by atoms with E-state index in [1.807, 2.05) is 61.0 Å². The fraction of sp³-hybridized carbons (Fsp3) is 0.208. The summed E-state index contributed by atoms with van der Waals surface area (Å²) >= 11 is 1.09. The minimum Gasteiger partial charge on any atom is -0.455 e. The predicted molar refractivity (Wildman–Crippen MR) is 126 cm³/mol. The molecular formula is C24H23N5O3S. The molecular weight excluding hydrogens is 438 g/mol. The first-order chi connectivity index (χ1) is 15.9. The van der Waals surface area contributed by atoms with Crippen LogP contribution in [-0.2, 0) is 17.8 Å². The van der Waals surface area contributed by atoms with Crippen molar-refractivity contribution in [1.29, 1.82) is 0 Å². The number of amides is 1. The summed E-state index contributed by atoms with van der Waals surface area (Å²) in [6.45, 7) is 5.91. The number of nitrogens with zero attached hydrogens (tertiary/aromatic N) is 4. The number of carbonyl (C=O) groups is 2. The van der Waals surface area contributed by atoms with E-state index in [0.29, 0.717) is 16.3 Å². The van der Waals surface area contributed by atoms with Crippen molar-refractivity contribution in [3.05, 3.63) is 87.1 Å². The van der Waals surface area contributed by atoms with Gasteiger partial charge in [0.2, 0.25) is 5.01 Å². The summed E-state index contributed by atoms with van der Waals surface area (Å²) in [7, 11) is 0. The molecule has 0 radical (unpaired) electrons. The van der Waals surface area contributed by atoms with E-state index in [1.165, 1.54) is 5.56 Å². The van der Waals surface area contributed by atoms with Crippen LogP contribution in [0.15, 0.2) is 54.6 Å². The minimum atomic E-state index is -0.480. The van der Waals surface area contributed by atoms with Gasteiger partial charge in [-0.2, -0.15) is 5.10 Å². The summed E-state index contributed by atoms with van der Waals surface area (Å²) in [5.74, 6) is -0.832. The van der Waals surface area contributed by atoms with Crippen molar-refractivity contribution in [3.63, 3.8) is 0 Å². The normalized spacial score (nSPS) is 10.8. The van der Waals surface area contributed by atoms with Crippen LogP contribution < -0.4 is 5.32 Å². The molecule has 0 aliphatic heterocycles. The standard InChI is InChI=1S/C24H23N5O3S/c1-4-17-5-9-19(10-6-17)25-22(30)23-27-26-21(33-23)14-32-24(31)18-7-11-20(12-8-18)29-16(3)13-15(2)28-29/h5-13H,4,14H2,1-3H3,(H,25,30). The maximum absolute atomic E-state index is 12.4. The third-order valence-electron chi connectivity index (χ3n) is 4.97. The molecule has 1 amide bonds. The lowest BCUT2D eigenvalue weighted by molar-refractivity contribution is 0.0471. The molecule has 0 saturated heterocycles. The topological polar surface area (TPSA) is 99.0 Å². The van der Waals surface area contributed by atoms with Gasteiger partial charge in [0.25, 0.3) is 5.91 Å². The van der Waals surface area contributed by atoms with Crippen molar-refractivity contribution in [2.45, 2.75) is 33.8 Å². The number of ether oxygens (including phenoxy) is 1. The molecule has 0 unspecified atom stereocenters. The van der Waals surface area contributed by atoms with Crippen LogP contribution in [0.4, 0.5) is 5.69 Å². The fourth-order valence-electron chi connectivity index (χ4n) is 3.25. The van der Waals surface area contributed by atoms with E-state index in [1.54, 1.807) is 12.1 Å². The molecule has 4 rings (SSSR count). The highest BCUT2D eigenvalue weighted by atomic mass is 32.1. The summed E-state index contributed by atoms with van der Waals surface area (Å²) < 4.78 is 7.16. The zero-order chi connectivity index (χ0) is 23.4. The van der Waals surface area contributed by atoms with Gasteiger partial charge in [-0.1, -0.05) is 30.4 Å². The molecule has 0 spiro atoms. The molecule has 0 bridgehead atoms. The summed E-state index contributed by atoms with van der Waals surface area (Å²) in [5.41, 5.74) is 5.09. The van der Waals surface area contributed by atoms with Crippen molar-refractivity contribution >= 4 is 28.9 Å². The monoisotopic (exact) mass is 461 g/mol. The summed E-state index contributed by atoms with van der Waals surface area (Å²) in [6, 6.07) is 16.6. The largest absolute Gasteiger partial charge is 0.455 e. The lowest BCUT2D eigenvalue weighted by Gasteiger charge is -2.06. The van der Waals surface area contributed by atoms with Crippen LogP contribution in [0, 0.1) is 13.8 Å². The Balaban J connectivity index is 1.33. The van der Waals surface area contributed by atoms with E-state index in [2.05, 4.69) is 27.5 Å². The molecule has 2 aromatic heterocycles. The molecule has 0 fully saturated rings. The second-order valence-electron chi connectivity index (χ2n) is 7.47. The van der Waals surface area contributed by atoms with Gasteiger partial charge >= 0.3 is 5.97 Å². The first kappa shape index (κ1) is 22.3. The predicted octanol–water partition coefficient (Wildman–Crippen LogP) is 4.51. The van der Waals surface area contributed by atoms with Crippen LogP contribution in [0.2, 0.25) is 0 Å². The first-order valence-corrected chi connectivity index (χ1v) is 11.3. The van der Waals surface area contributed by atoms with Crippen LogP contribution in [-0.4, -0.2) is 31.9 Å². The molecule has 0 saturated carbocycles. The quantitative estimate of drug-likeness (QED) is 0.407. The van der Waals surface area contributed by atoms with Gasteiger partial charge in [0.15, 0.2) is 5.01 Å². The molecule has 4 aromatic rings. The highest BCUT2D eigenvalue weighted by molar-refractivity contribution is 7.13. The third-order valence-corrected chi connectivity index (χ3v) is 5.86. The SMILES string of the molecule is CCc1ccc(NC(=O)c2nnc(COC(=O)c3ccc(-n4nc(C)cc4C)cc3)s2)cc1. The number of aryl methyl sites for hydroxylation is 3. The van der Waals surface area contributed by atoms with E-state index < -0.39 is 5.97 Å². The molecule has 168 valence electrons. The van der Waals surface area contributed by atoms with Gasteiger partial charge in [0.05, 0.1) is 16.9 Å². The number of esters is 1. The van der Waals surface area contributed by atoms with Crippen molar-refractivity contribution < 1.29 is 14.3 Å². The van der Waals surface area contributed by atoms with E-state index in [4.69, 9.17) is 4.74 Å². The highest BCUT2D eigenvalue weighted by Crippen LogP contribution is 2.17. The molecule has 0 atom stereocenters. The molecule has 0 aliphatic carbocycles. The second kappa shape index (κ2) is 9.74. The van der Waals surface area contributed by atoms with Gasteiger partial charge in [0, 0.05) is 11.4 Å². The van der Waals surface area contributed by atoms with Gasteiger partial charge in [-0.3, -0.25) is 4.79 Å². The van der Waals surface area contributed by atoms with Crippen molar-refractivity contribution in [3.8, 4) is 5.69 Å². The molecule has 8 nitrogen and oxygen atoms in total. The number of carbonyl (C=O) groups excluding carboxylic acids is 2. The first-order valence-electron chi connectivity index (χ1n) is 10.5. The number of nitrogens with one attached hydrogen (secondary N) is 1. The van der Waals surface area contributed by atoms with Gasteiger partial charge in [-0.05, 0) is 68.3 Å². The summed E-state index contributed by atoms with van der Waals surface area (Å²) in [6.07, 6.45) is 0.931. The number of benzene rings is 2. The van der Waals surface area contributed by atoms with Gasteiger partial charge < -0.3 is 10.1 Å². The number of hydrogen-bond donors (Lipinski definition) is 1. The maximum Gasteiger partial charge on any atom is 0.338 e. The Bertz CT molecular complexity index is 1280. The zero-order valence-electron chi connectivity index (χ0n) is 18.5. The Kier molecular flexibility index (Phi) is 6.60. The minimum absolute atomic E-state index is 0.0613. The second-order valence-corrected chi connectivity index (χ2v) is 8.53. The fourth-order valence-corrected chi connectivity index (χ4v) is 3.90. The Morgan fingerprint density at radius 2 is 1.76 bits per heavy atom. The van der Waals surface area contributed by atoms with E-state index >= 15 is 0 Å². The van der Waals surface area contributed by atoms with Crippen LogP contribution in [0.1, 0.15) is 49.0 Å². The van der Waals surface area contributed by atoms with Crippen LogP contribution >= 0.6 is 11.3 Å². The molecule has 33 heavy (non-hydrogen) atoms. The summed E-state index contributed by atoms with van der Waals surface area (Å²) in [4.78, 5) is 24.8. The van der Waals surface area contributed by atoms with Crippen molar-refractivity contribution in [2.24, 2.45) is 0 Å². The summed E-state index contributed by atoms with van der Waals surface area (Å²) in [5, 5.41) is 15.7. The average Bonchev–Trinajstić information content (AvgIpc) is 3.44. The number of aromatic nitrogens is 4. The van der Waals surface area contributed by atoms with Gasteiger partial charge in [-0.15, -0.1) is 10.2 Å². The van der Waals surface area contributed by atoms with Gasteiger partial charge in [-0.25, -0.2) is 9.48 Å². The van der Waals surface area contributed by atoms with Crippen molar-refractivity contribution in [2.75, 3.05) is 5.32 Å². The third kappa shape index (κ3) is 5.32. The van der Waals surface area contributed by atoms with E-state index in [-0.39, 0.29) is 17.5 Å². The van der Waals surface area contributed by atoms with Crippen LogP contribution in [0.5, 0.6) is 0 Å². The Morgan fingerprint density at radius 3 is 2.39 bits per heavy atom. The lowest BCUT2D eigenvalue weighted by atomic mass is 10.1. The Labute approximate surface area is 195 Å². The van der Waals surface area contributed by atoms with Crippen LogP contribution in [0.3, 0.4) is 0 Å². The zero-order valence-corrected chi connectivity index (χ0v) is 19.3. The molecule has 9 heteroatoms. The maximum atomic E-state index is 12.4. The van der Waals surface area contributed by atoms with Crippen molar-refractivity contribution in [1.82, 2.24) is 20.0 Å².